The minimum atomic E-state index is -0.0517. The predicted molar refractivity (Wildman–Crippen MR) is 87.7 cm³/mol. The summed E-state index contributed by atoms with van der Waals surface area (Å²) in [6, 6.07) is 3.52. The van der Waals surface area contributed by atoms with Gasteiger partial charge < -0.3 is 19.5 Å². The molecule has 2 saturated heterocycles. The van der Waals surface area contributed by atoms with Gasteiger partial charge in [-0.1, -0.05) is 12.2 Å². The van der Waals surface area contributed by atoms with Gasteiger partial charge in [0, 0.05) is 38.3 Å². The average Bonchev–Trinajstić information content (AvgIpc) is 2.62. The number of morpholine rings is 1. The van der Waals surface area contributed by atoms with E-state index in [1.807, 2.05) is 4.90 Å². The monoisotopic (exact) mass is 335 g/mol. The Morgan fingerprint density at radius 1 is 1.13 bits per heavy atom. The molecule has 1 aromatic rings. The number of likely N-dealkylation sites (tertiary alicyclic amines) is 1. The summed E-state index contributed by atoms with van der Waals surface area (Å²) in [5, 5.41) is 0. The number of H-pyrrole nitrogens is 1. The van der Waals surface area contributed by atoms with E-state index in [9.17, 15) is 9.59 Å². The fourth-order valence-corrected chi connectivity index (χ4v) is 3.36. The van der Waals surface area contributed by atoms with Crippen molar-refractivity contribution < 1.29 is 14.3 Å². The molecule has 0 atom stereocenters. The lowest BCUT2D eigenvalue weighted by Gasteiger charge is -2.35. The number of carbonyl (C=O) groups is 2. The van der Waals surface area contributed by atoms with Gasteiger partial charge in [0.2, 0.25) is 5.91 Å². The molecule has 2 aliphatic heterocycles. The van der Waals surface area contributed by atoms with Crippen molar-refractivity contribution in [3.05, 3.63) is 28.5 Å². The largest absolute Gasteiger partial charge is 0.378 e. The summed E-state index contributed by atoms with van der Waals surface area (Å²) < 4.78 is 5.75. The highest BCUT2D eigenvalue weighted by Crippen LogP contribution is 2.21. The van der Waals surface area contributed by atoms with E-state index in [2.05, 4.69) is 4.98 Å². The van der Waals surface area contributed by atoms with E-state index in [0.29, 0.717) is 62.4 Å². The predicted octanol–water partition coefficient (Wildman–Crippen LogP) is 1.46. The Hall–Kier alpha value is -1.73. The highest BCUT2D eigenvalue weighted by molar-refractivity contribution is 7.71. The van der Waals surface area contributed by atoms with Crippen LogP contribution in [0.3, 0.4) is 0 Å². The summed E-state index contributed by atoms with van der Waals surface area (Å²) in [6.45, 7) is 3.80. The molecule has 0 aliphatic carbocycles. The minimum absolute atomic E-state index is 0.0162. The lowest BCUT2D eigenvalue weighted by Crippen LogP contribution is -2.47. The van der Waals surface area contributed by atoms with Gasteiger partial charge in [-0.3, -0.25) is 9.59 Å². The molecular formula is C16H21N3O3S. The molecule has 0 saturated carbocycles. The summed E-state index contributed by atoms with van der Waals surface area (Å²) in [4.78, 5) is 31.6. The Bertz CT molecular complexity index is 631. The number of ether oxygens (including phenoxy) is 1. The molecule has 2 amide bonds. The van der Waals surface area contributed by atoms with Gasteiger partial charge in [-0.2, -0.15) is 0 Å². The molecule has 0 radical (unpaired) electrons. The molecule has 0 bridgehead atoms. The smallest absolute Gasteiger partial charge is 0.256 e. The third kappa shape index (κ3) is 3.61. The Kier molecular flexibility index (Phi) is 5.07. The molecule has 0 unspecified atom stereocenters. The first-order chi connectivity index (χ1) is 11.2. The lowest BCUT2D eigenvalue weighted by molar-refractivity contribution is -0.141. The lowest BCUT2D eigenvalue weighted by atomic mass is 9.94. The standard InChI is InChI=1S/C16H21N3O3S/c20-15(19-8-10-22-11-9-19)12-3-6-18(7-4-12)16(21)13-2-1-5-17-14(13)23/h1-2,5,12H,3-4,6-11H2,(H,17,23). The van der Waals surface area contributed by atoms with Crippen molar-refractivity contribution in [1.82, 2.24) is 14.8 Å². The van der Waals surface area contributed by atoms with Gasteiger partial charge in [-0.05, 0) is 25.0 Å². The van der Waals surface area contributed by atoms with E-state index < -0.39 is 0 Å². The Morgan fingerprint density at radius 3 is 2.48 bits per heavy atom. The fraction of sp³-hybridized carbons (Fsp3) is 0.562. The van der Waals surface area contributed by atoms with Gasteiger partial charge in [-0.15, -0.1) is 0 Å². The Labute approximate surface area is 140 Å². The zero-order chi connectivity index (χ0) is 16.2. The number of carbonyl (C=O) groups excluding carboxylic acids is 2. The SMILES string of the molecule is O=C(c1ccc[nH]c1=S)N1CCC(C(=O)N2CCOCC2)CC1. The van der Waals surface area contributed by atoms with Crippen LogP contribution in [-0.4, -0.2) is 66.0 Å². The van der Waals surface area contributed by atoms with Crippen molar-refractivity contribution in [2.24, 2.45) is 5.92 Å². The van der Waals surface area contributed by atoms with Crippen LogP contribution in [0.2, 0.25) is 0 Å². The highest BCUT2D eigenvalue weighted by atomic mass is 32.1. The van der Waals surface area contributed by atoms with E-state index in [-0.39, 0.29) is 17.7 Å². The van der Waals surface area contributed by atoms with Crippen molar-refractivity contribution >= 4 is 24.0 Å². The highest BCUT2D eigenvalue weighted by Gasteiger charge is 2.31. The average molecular weight is 335 g/mol. The number of aromatic nitrogens is 1. The van der Waals surface area contributed by atoms with E-state index in [1.54, 1.807) is 23.2 Å². The molecule has 23 heavy (non-hydrogen) atoms. The maximum atomic E-state index is 12.5. The van der Waals surface area contributed by atoms with Crippen LogP contribution in [0.25, 0.3) is 0 Å². The molecule has 3 heterocycles. The van der Waals surface area contributed by atoms with Gasteiger partial charge in [-0.25, -0.2) is 0 Å². The molecule has 7 heteroatoms. The summed E-state index contributed by atoms with van der Waals surface area (Å²) in [5.74, 6) is 0.170. The third-order valence-corrected chi connectivity index (χ3v) is 4.84. The Morgan fingerprint density at radius 2 is 1.83 bits per heavy atom. The molecule has 3 rings (SSSR count). The van der Waals surface area contributed by atoms with Crippen molar-refractivity contribution in [3.8, 4) is 0 Å². The molecule has 1 aromatic heterocycles. The molecule has 1 N–H and O–H groups in total. The summed E-state index contributed by atoms with van der Waals surface area (Å²) >= 11 is 5.17. The molecule has 0 aromatic carbocycles. The van der Waals surface area contributed by atoms with Crippen molar-refractivity contribution in [3.63, 3.8) is 0 Å². The molecule has 0 spiro atoms. The van der Waals surface area contributed by atoms with Gasteiger partial charge in [0.15, 0.2) is 0 Å². The van der Waals surface area contributed by atoms with Crippen molar-refractivity contribution in [2.45, 2.75) is 12.8 Å². The zero-order valence-electron chi connectivity index (χ0n) is 13.0. The van der Waals surface area contributed by atoms with Crippen LogP contribution in [0, 0.1) is 10.6 Å². The second-order valence-electron chi connectivity index (χ2n) is 5.92. The normalized spacial score (nSPS) is 19.7. The van der Waals surface area contributed by atoms with Gasteiger partial charge in [0.05, 0.1) is 18.8 Å². The van der Waals surface area contributed by atoms with E-state index >= 15 is 0 Å². The van der Waals surface area contributed by atoms with Crippen LogP contribution < -0.4 is 0 Å². The molecule has 2 fully saturated rings. The summed E-state index contributed by atoms with van der Waals surface area (Å²) in [6.07, 6.45) is 3.14. The topological polar surface area (TPSA) is 65.6 Å². The van der Waals surface area contributed by atoms with Gasteiger partial charge in [0.25, 0.3) is 5.91 Å². The van der Waals surface area contributed by atoms with Crippen LogP contribution in [0.5, 0.6) is 0 Å². The number of nitrogens with zero attached hydrogens (tertiary/aromatic N) is 2. The first-order valence-corrected chi connectivity index (χ1v) is 8.41. The number of nitrogens with one attached hydrogen (secondary N) is 1. The number of amides is 2. The number of piperidine rings is 1. The van der Waals surface area contributed by atoms with E-state index in [4.69, 9.17) is 17.0 Å². The van der Waals surface area contributed by atoms with Crippen molar-refractivity contribution in [1.29, 1.82) is 0 Å². The number of pyridine rings is 1. The minimum Gasteiger partial charge on any atom is -0.378 e. The maximum Gasteiger partial charge on any atom is 0.256 e. The van der Waals surface area contributed by atoms with Crippen LogP contribution in [0.4, 0.5) is 0 Å². The number of aromatic amines is 1. The molecular weight excluding hydrogens is 314 g/mol. The van der Waals surface area contributed by atoms with Crippen LogP contribution >= 0.6 is 12.2 Å². The Balaban J connectivity index is 1.58. The van der Waals surface area contributed by atoms with Crippen molar-refractivity contribution in [2.75, 3.05) is 39.4 Å². The number of rotatable bonds is 2. The fourth-order valence-electron chi connectivity index (χ4n) is 3.13. The number of hydrogen-bond acceptors (Lipinski definition) is 4. The summed E-state index contributed by atoms with van der Waals surface area (Å²) in [5.41, 5.74) is 0.528. The second kappa shape index (κ2) is 7.23. The first kappa shape index (κ1) is 16.1. The van der Waals surface area contributed by atoms with Gasteiger partial charge >= 0.3 is 0 Å². The van der Waals surface area contributed by atoms with E-state index in [0.717, 1.165) is 0 Å². The van der Waals surface area contributed by atoms with Crippen LogP contribution in [-0.2, 0) is 9.53 Å². The second-order valence-corrected chi connectivity index (χ2v) is 6.33. The third-order valence-electron chi connectivity index (χ3n) is 4.50. The maximum absolute atomic E-state index is 12.5. The first-order valence-electron chi connectivity index (χ1n) is 8.00. The van der Waals surface area contributed by atoms with Gasteiger partial charge in [0.1, 0.15) is 4.64 Å². The summed E-state index contributed by atoms with van der Waals surface area (Å²) in [7, 11) is 0. The van der Waals surface area contributed by atoms with Crippen LogP contribution in [0.1, 0.15) is 23.2 Å². The molecule has 6 nitrogen and oxygen atoms in total. The zero-order valence-corrected chi connectivity index (χ0v) is 13.8. The molecule has 124 valence electrons. The van der Waals surface area contributed by atoms with Crippen LogP contribution in [0.15, 0.2) is 18.3 Å². The van der Waals surface area contributed by atoms with E-state index in [1.165, 1.54) is 0 Å². The quantitative estimate of drug-likeness (QED) is 0.831. The number of hydrogen-bond donors (Lipinski definition) is 1. The molecule has 2 aliphatic rings.